The second-order valence-electron chi connectivity index (χ2n) is 2.77. The zero-order chi connectivity index (χ0) is 10.3. The summed E-state index contributed by atoms with van der Waals surface area (Å²) in [7, 11) is 0. The van der Waals surface area contributed by atoms with Crippen LogP contribution >= 0.6 is 15.9 Å². The Bertz CT molecular complexity index is 564. The van der Waals surface area contributed by atoms with Crippen LogP contribution in [0.1, 0.15) is 5.89 Å². The number of nitrogens with zero attached hydrogens (tertiary/aromatic N) is 1. The Kier molecular flexibility index (Phi) is 2.11. The molecule has 3 nitrogen and oxygen atoms in total. The van der Waals surface area contributed by atoms with Gasteiger partial charge in [0.25, 0.3) is 0 Å². The summed E-state index contributed by atoms with van der Waals surface area (Å²) >= 11 is 3.14. The number of hydrogen-bond donors (Lipinski definition) is 0. The van der Waals surface area contributed by atoms with Crippen molar-refractivity contribution in [2.75, 3.05) is 0 Å². The van der Waals surface area contributed by atoms with Crippen molar-refractivity contribution in [3.63, 3.8) is 0 Å². The Morgan fingerprint density at radius 3 is 2.93 bits per heavy atom. The van der Waals surface area contributed by atoms with E-state index in [0.29, 0.717) is 4.47 Å². The van der Waals surface area contributed by atoms with Crippen LogP contribution in [0.3, 0.4) is 0 Å². The van der Waals surface area contributed by atoms with E-state index in [1.54, 1.807) is 0 Å². The lowest BCUT2D eigenvalue weighted by atomic mass is 10.2. The van der Waals surface area contributed by atoms with Gasteiger partial charge in [-0.25, -0.2) is 14.2 Å². The maximum atomic E-state index is 13.3. The van der Waals surface area contributed by atoms with E-state index in [1.807, 2.05) is 0 Å². The lowest BCUT2D eigenvalue weighted by Crippen LogP contribution is -2.04. The number of rotatable bonds is 0. The highest BCUT2D eigenvalue weighted by Crippen LogP contribution is 2.21. The SMILES string of the molecule is Cc1nc2c(F)ccc(Br)c2c(=O)o1. The molecule has 1 heterocycles. The maximum Gasteiger partial charge on any atom is 0.348 e. The zero-order valence-corrected chi connectivity index (χ0v) is 8.76. The van der Waals surface area contributed by atoms with Gasteiger partial charge < -0.3 is 4.42 Å². The number of hydrogen-bond acceptors (Lipinski definition) is 3. The molecule has 0 aliphatic rings. The standard InChI is InChI=1S/C9H5BrFNO2/c1-4-12-8-6(11)3-2-5(10)7(8)9(13)14-4/h2-3H,1H3. The van der Waals surface area contributed by atoms with Crippen LogP contribution in [0.15, 0.2) is 25.8 Å². The number of aryl methyl sites for hydroxylation is 1. The van der Waals surface area contributed by atoms with E-state index < -0.39 is 11.4 Å². The number of benzene rings is 1. The molecule has 1 aromatic heterocycles. The van der Waals surface area contributed by atoms with Crippen LogP contribution < -0.4 is 5.63 Å². The van der Waals surface area contributed by atoms with Crippen molar-refractivity contribution < 1.29 is 8.81 Å². The Balaban J connectivity index is 3.08. The second kappa shape index (κ2) is 3.16. The maximum absolute atomic E-state index is 13.3. The van der Waals surface area contributed by atoms with Gasteiger partial charge in [0.05, 0.1) is 0 Å². The second-order valence-corrected chi connectivity index (χ2v) is 3.63. The molecule has 0 aliphatic carbocycles. The molecule has 0 saturated heterocycles. The lowest BCUT2D eigenvalue weighted by molar-refractivity contribution is 0.465. The normalized spacial score (nSPS) is 10.8. The van der Waals surface area contributed by atoms with E-state index >= 15 is 0 Å². The molecule has 0 N–H and O–H groups in total. The fraction of sp³-hybridized carbons (Fsp3) is 0.111. The highest BCUT2D eigenvalue weighted by molar-refractivity contribution is 9.10. The van der Waals surface area contributed by atoms with Crippen LogP contribution in [-0.4, -0.2) is 4.98 Å². The molecule has 0 fully saturated rings. The van der Waals surface area contributed by atoms with E-state index in [4.69, 9.17) is 4.42 Å². The summed E-state index contributed by atoms with van der Waals surface area (Å²) in [5.74, 6) is -0.376. The van der Waals surface area contributed by atoms with Gasteiger partial charge in [-0.2, -0.15) is 0 Å². The first-order chi connectivity index (χ1) is 6.59. The molecule has 0 unspecified atom stereocenters. The minimum absolute atomic E-state index is 0.0353. The average molecular weight is 258 g/mol. The fourth-order valence-electron chi connectivity index (χ4n) is 1.21. The minimum Gasteiger partial charge on any atom is -0.408 e. The first-order valence-electron chi connectivity index (χ1n) is 3.85. The Labute approximate surface area is 86.7 Å². The van der Waals surface area contributed by atoms with Gasteiger partial charge in [-0.1, -0.05) is 0 Å². The van der Waals surface area contributed by atoms with Gasteiger partial charge in [0.15, 0.2) is 5.89 Å². The molecule has 0 saturated carbocycles. The minimum atomic E-state index is -0.584. The van der Waals surface area contributed by atoms with Crippen LogP contribution in [0, 0.1) is 12.7 Å². The smallest absolute Gasteiger partial charge is 0.348 e. The third kappa shape index (κ3) is 1.33. The zero-order valence-electron chi connectivity index (χ0n) is 7.17. The summed E-state index contributed by atoms with van der Waals surface area (Å²) in [5.41, 5.74) is -0.549. The first-order valence-corrected chi connectivity index (χ1v) is 4.64. The fourth-order valence-corrected chi connectivity index (χ4v) is 1.69. The average Bonchev–Trinajstić information content (AvgIpc) is 2.10. The van der Waals surface area contributed by atoms with E-state index in [2.05, 4.69) is 20.9 Å². The molecule has 0 aliphatic heterocycles. The van der Waals surface area contributed by atoms with Crippen LogP contribution in [-0.2, 0) is 0 Å². The Morgan fingerprint density at radius 2 is 2.21 bits per heavy atom. The van der Waals surface area contributed by atoms with Crippen molar-refractivity contribution in [2.45, 2.75) is 6.92 Å². The van der Waals surface area contributed by atoms with Crippen molar-refractivity contribution in [1.82, 2.24) is 4.98 Å². The highest BCUT2D eigenvalue weighted by atomic mass is 79.9. The summed E-state index contributed by atoms with van der Waals surface area (Å²) < 4.78 is 18.5. The van der Waals surface area contributed by atoms with Gasteiger partial charge in [0.2, 0.25) is 0 Å². The molecule has 0 bridgehead atoms. The van der Waals surface area contributed by atoms with Gasteiger partial charge in [-0.15, -0.1) is 0 Å². The van der Waals surface area contributed by atoms with Crippen molar-refractivity contribution in [3.05, 3.63) is 38.7 Å². The topological polar surface area (TPSA) is 43.1 Å². The monoisotopic (exact) mass is 257 g/mol. The number of halogens is 2. The molecular formula is C9H5BrFNO2. The molecule has 14 heavy (non-hydrogen) atoms. The van der Waals surface area contributed by atoms with Crippen molar-refractivity contribution >= 4 is 26.8 Å². The van der Waals surface area contributed by atoms with E-state index in [0.717, 1.165) is 0 Å². The third-order valence-electron chi connectivity index (χ3n) is 1.79. The van der Waals surface area contributed by atoms with Gasteiger partial charge >= 0.3 is 5.63 Å². The summed E-state index contributed by atoms with van der Waals surface area (Å²) in [4.78, 5) is 15.2. The van der Waals surface area contributed by atoms with Crippen molar-refractivity contribution in [2.24, 2.45) is 0 Å². The molecule has 1 aromatic carbocycles. The van der Waals surface area contributed by atoms with Gasteiger partial charge in [-0.3, -0.25) is 0 Å². The molecule has 72 valence electrons. The molecule has 0 spiro atoms. The first kappa shape index (κ1) is 9.33. The van der Waals surface area contributed by atoms with Gasteiger partial charge in [-0.05, 0) is 28.1 Å². The summed E-state index contributed by atoms with van der Waals surface area (Å²) in [5, 5.41) is 0.135. The highest BCUT2D eigenvalue weighted by Gasteiger charge is 2.11. The van der Waals surface area contributed by atoms with Crippen LogP contribution in [0.5, 0.6) is 0 Å². The summed E-state index contributed by atoms with van der Waals surface area (Å²) in [6, 6.07) is 2.70. The van der Waals surface area contributed by atoms with Crippen LogP contribution in [0.4, 0.5) is 4.39 Å². The third-order valence-corrected chi connectivity index (χ3v) is 2.45. The van der Waals surface area contributed by atoms with Crippen LogP contribution in [0.2, 0.25) is 0 Å². The molecular weight excluding hydrogens is 253 g/mol. The van der Waals surface area contributed by atoms with E-state index in [9.17, 15) is 9.18 Å². The summed E-state index contributed by atoms with van der Waals surface area (Å²) in [6.45, 7) is 1.50. The lowest BCUT2D eigenvalue weighted by Gasteiger charge is -2.00. The van der Waals surface area contributed by atoms with Crippen molar-refractivity contribution in [1.29, 1.82) is 0 Å². The van der Waals surface area contributed by atoms with Crippen LogP contribution in [0.25, 0.3) is 10.9 Å². The predicted octanol–water partition coefficient (Wildman–Crippen LogP) is 2.40. The number of aromatic nitrogens is 1. The van der Waals surface area contributed by atoms with Crippen molar-refractivity contribution in [3.8, 4) is 0 Å². The Morgan fingerprint density at radius 1 is 1.50 bits per heavy atom. The van der Waals surface area contributed by atoms with Gasteiger partial charge in [0.1, 0.15) is 16.7 Å². The van der Waals surface area contributed by atoms with Gasteiger partial charge in [0, 0.05) is 11.4 Å². The summed E-state index contributed by atoms with van der Waals surface area (Å²) in [6.07, 6.45) is 0. The number of fused-ring (bicyclic) bond motifs is 1. The molecule has 0 atom stereocenters. The molecule has 5 heteroatoms. The van der Waals surface area contributed by atoms with E-state index in [1.165, 1.54) is 19.1 Å². The molecule has 0 radical (unpaired) electrons. The molecule has 2 rings (SSSR count). The predicted molar refractivity (Wildman–Crippen MR) is 52.7 cm³/mol. The quantitative estimate of drug-likeness (QED) is 0.728. The largest absolute Gasteiger partial charge is 0.408 e. The Hall–Kier alpha value is -1.23. The molecule has 0 amide bonds. The van der Waals surface area contributed by atoms with E-state index in [-0.39, 0.29) is 16.8 Å². The molecule has 2 aromatic rings.